The SMILES string of the molecule is CC(C)c1cc(S(=O)(=O)Cl)ccc1OCCC1CC1. The van der Waals surface area contributed by atoms with Crippen LogP contribution in [0, 0.1) is 5.92 Å². The fourth-order valence-corrected chi connectivity index (χ4v) is 2.79. The van der Waals surface area contributed by atoms with Crippen LogP contribution in [0.25, 0.3) is 0 Å². The fraction of sp³-hybridized carbons (Fsp3) is 0.571. The average molecular weight is 303 g/mol. The maximum atomic E-state index is 11.4. The Kier molecular flexibility index (Phi) is 4.41. The summed E-state index contributed by atoms with van der Waals surface area (Å²) in [6.07, 6.45) is 3.70. The smallest absolute Gasteiger partial charge is 0.261 e. The Morgan fingerprint density at radius 2 is 2.05 bits per heavy atom. The van der Waals surface area contributed by atoms with E-state index in [9.17, 15) is 8.42 Å². The van der Waals surface area contributed by atoms with Gasteiger partial charge in [-0.3, -0.25) is 0 Å². The second-order valence-electron chi connectivity index (χ2n) is 5.37. The molecular weight excluding hydrogens is 284 g/mol. The summed E-state index contributed by atoms with van der Waals surface area (Å²) in [6, 6.07) is 4.82. The summed E-state index contributed by atoms with van der Waals surface area (Å²) in [6.45, 7) is 4.71. The highest BCUT2D eigenvalue weighted by molar-refractivity contribution is 8.13. The lowest BCUT2D eigenvalue weighted by Crippen LogP contribution is -2.03. The van der Waals surface area contributed by atoms with E-state index in [1.807, 2.05) is 13.8 Å². The Labute approximate surface area is 119 Å². The zero-order valence-corrected chi connectivity index (χ0v) is 12.8. The minimum atomic E-state index is -3.68. The predicted octanol–water partition coefficient (Wildman–Crippen LogP) is 3.92. The number of halogens is 1. The number of hydrogen-bond acceptors (Lipinski definition) is 3. The van der Waals surface area contributed by atoms with Crippen molar-refractivity contribution < 1.29 is 13.2 Å². The minimum absolute atomic E-state index is 0.132. The molecule has 0 aliphatic heterocycles. The molecule has 1 fully saturated rings. The van der Waals surface area contributed by atoms with Crippen molar-refractivity contribution >= 4 is 19.7 Å². The number of benzene rings is 1. The predicted molar refractivity (Wildman–Crippen MR) is 76.4 cm³/mol. The number of rotatable bonds is 6. The van der Waals surface area contributed by atoms with Gasteiger partial charge < -0.3 is 4.74 Å². The van der Waals surface area contributed by atoms with Gasteiger partial charge in [0.2, 0.25) is 0 Å². The maximum Gasteiger partial charge on any atom is 0.261 e. The van der Waals surface area contributed by atoms with Crippen LogP contribution in [0.1, 0.15) is 44.6 Å². The zero-order chi connectivity index (χ0) is 14.0. The van der Waals surface area contributed by atoms with E-state index in [1.165, 1.54) is 18.9 Å². The summed E-state index contributed by atoms with van der Waals surface area (Å²) < 4.78 is 28.5. The van der Waals surface area contributed by atoms with E-state index < -0.39 is 9.05 Å². The zero-order valence-electron chi connectivity index (χ0n) is 11.2. The van der Waals surface area contributed by atoms with Crippen molar-refractivity contribution in [2.45, 2.75) is 43.9 Å². The molecule has 0 unspecified atom stereocenters. The van der Waals surface area contributed by atoms with Crippen molar-refractivity contribution in [2.24, 2.45) is 5.92 Å². The highest BCUT2D eigenvalue weighted by atomic mass is 35.7. The third-order valence-electron chi connectivity index (χ3n) is 3.37. The van der Waals surface area contributed by atoms with Gasteiger partial charge in [-0.15, -0.1) is 0 Å². The summed E-state index contributed by atoms with van der Waals surface area (Å²) >= 11 is 0. The lowest BCUT2D eigenvalue weighted by molar-refractivity contribution is 0.298. The van der Waals surface area contributed by atoms with Crippen LogP contribution in [-0.4, -0.2) is 15.0 Å². The maximum absolute atomic E-state index is 11.4. The standard InChI is InChI=1S/C14H19ClO3S/c1-10(2)13-9-12(19(15,16)17)5-6-14(13)18-8-7-11-3-4-11/h5-6,9-11H,3-4,7-8H2,1-2H3. The van der Waals surface area contributed by atoms with E-state index in [1.54, 1.807) is 12.1 Å². The summed E-state index contributed by atoms with van der Waals surface area (Å²) in [4.78, 5) is 0.132. The van der Waals surface area contributed by atoms with Crippen LogP contribution in [0.15, 0.2) is 23.1 Å². The lowest BCUT2D eigenvalue weighted by atomic mass is 10.0. The van der Waals surface area contributed by atoms with Crippen molar-refractivity contribution in [1.29, 1.82) is 0 Å². The van der Waals surface area contributed by atoms with Gasteiger partial charge in [0.1, 0.15) is 5.75 Å². The molecule has 0 amide bonds. The summed E-state index contributed by atoms with van der Waals surface area (Å²) in [5.74, 6) is 1.78. The van der Waals surface area contributed by atoms with Crippen molar-refractivity contribution in [1.82, 2.24) is 0 Å². The molecule has 0 atom stereocenters. The van der Waals surface area contributed by atoms with Crippen molar-refractivity contribution in [3.8, 4) is 5.75 Å². The van der Waals surface area contributed by atoms with Crippen LogP contribution < -0.4 is 4.74 Å². The van der Waals surface area contributed by atoms with Gasteiger partial charge in [-0.1, -0.05) is 26.7 Å². The van der Waals surface area contributed by atoms with E-state index in [-0.39, 0.29) is 10.8 Å². The fourth-order valence-electron chi connectivity index (χ4n) is 2.00. The van der Waals surface area contributed by atoms with Crippen molar-refractivity contribution in [2.75, 3.05) is 6.61 Å². The molecule has 0 bridgehead atoms. The second-order valence-corrected chi connectivity index (χ2v) is 7.94. The van der Waals surface area contributed by atoms with Crippen molar-refractivity contribution in [3.05, 3.63) is 23.8 Å². The molecule has 106 valence electrons. The second kappa shape index (κ2) is 5.71. The molecule has 1 aliphatic carbocycles. The van der Waals surface area contributed by atoms with Crippen LogP contribution in [0.2, 0.25) is 0 Å². The average Bonchev–Trinajstić information content (AvgIpc) is 3.11. The van der Waals surface area contributed by atoms with Crippen LogP contribution in [0.5, 0.6) is 5.75 Å². The largest absolute Gasteiger partial charge is 0.493 e. The Morgan fingerprint density at radius 3 is 2.58 bits per heavy atom. The summed E-state index contributed by atoms with van der Waals surface area (Å²) in [7, 11) is 1.69. The summed E-state index contributed by atoms with van der Waals surface area (Å²) in [5, 5.41) is 0. The molecule has 1 saturated carbocycles. The van der Waals surface area contributed by atoms with Gasteiger partial charge in [-0.2, -0.15) is 0 Å². The van der Waals surface area contributed by atoms with Crippen molar-refractivity contribution in [3.63, 3.8) is 0 Å². The van der Waals surface area contributed by atoms with Crippen LogP contribution in [-0.2, 0) is 9.05 Å². The molecule has 1 aromatic rings. The Morgan fingerprint density at radius 1 is 1.37 bits per heavy atom. The van der Waals surface area contributed by atoms with E-state index in [4.69, 9.17) is 15.4 Å². The Balaban J connectivity index is 2.16. The molecule has 1 aromatic carbocycles. The molecule has 19 heavy (non-hydrogen) atoms. The first kappa shape index (κ1) is 14.7. The molecule has 0 spiro atoms. The molecule has 0 saturated heterocycles. The third-order valence-corrected chi connectivity index (χ3v) is 4.72. The molecular formula is C14H19ClO3S. The molecule has 0 radical (unpaired) electrons. The van der Waals surface area contributed by atoms with Gasteiger partial charge in [-0.25, -0.2) is 8.42 Å². The molecule has 0 N–H and O–H groups in total. The molecule has 5 heteroatoms. The molecule has 0 aromatic heterocycles. The van der Waals surface area contributed by atoms with E-state index in [0.29, 0.717) is 6.61 Å². The number of ether oxygens (including phenoxy) is 1. The molecule has 0 heterocycles. The third kappa shape index (κ3) is 4.11. The first-order chi connectivity index (χ1) is 8.88. The van der Waals surface area contributed by atoms with Crippen LogP contribution in [0.3, 0.4) is 0 Å². The molecule has 2 rings (SSSR count). The minimum Gasteiger partial charge on any atom is -0.493 e. The summed E-state index contributed by atoms with van der Waals surface area (Å²) in [5.41, 5.74) is 0.887. The monoisotopic (exact) mass is 302 g/mol. The quantitative estimate of drug-likeness (QED) is 0.748. The van der Waals surface area contributed by atoms with Gasteiger partial charge in [0.05, 0.1) is 11.5 Å². The van der Waals surface area contributed by atoms with E-state index in [2.05, 4.69) is 0 Å². The first-order valence-corrected chi connectivity index (χ1v) is 8.90. The molecule has 3 nitrogen and oxygen atoms in total. The van der Waals surface area contributed by atoms with Gasteiger partial charge in [0.15, 0.2) is 0 Å². The van der Waals surface area contributed by atoms with E-state index in [0.717, 1.165) is 23.7 Å². The van der Waals surface area contributed by atoms with Gasteiger partial charge in [-0.05, 0) is 42.0 Å². The lowest BCUT2D eigenvalue weighted by Gasteiger charge is -2.15. The molecule has 1 aliphatic rings. The van der Waals surface area contributed by atoms with Gasteiger partial charge >= 0.3 is 0 Å². The van der Waals surface area contributed by atoms with Gasteiger partial charge in [0, 0.05) is 10.7 Å². The topological polar surface area (TPSA) is 43.4 Å². The number of hydrogen-bond donors (Lipinski definition) is 0. The first-order valence-electron chi connectivity index (χ1n) is 6.59. The highest BCUT2D eigenvalue weighted by Crippen LogP contribution is 2.34. The van der Waals surface area contributed by atoms with Crippen LogP contribution in [0.4, 0.5) is 0 Å². The van der Waals surface area contributed by atoms with Gasteiger partial charge in [0.25, 0.3) is 9.05 Å². The van der Waals surface area contributed by atoms with E-state index >= 15 is 0 Å². The normalized spacial score (nSPS) is 15.8. The van der Waals surface area contributed by atoms with Crippen LogP contribution >= 0.6 is 10.7 Å². The Bertz CT molecular complexity index is 548. The highest BCUT2D eigenvalue weighted by Gasteiger charge is 2.21. The Hall–Kier alpha value is -0.740.